The van der Waals surface area contributed by atoms with Crippen LogP contribution in [0.2, 0.25) is 0 Å². The van der Waals surface area contributed by atoms with Crippen LogP contribution in [-0.2, 0) is 11.2 Å². The van der Waals surface area contributed by atoms with Crippen LogP contribution in [0.3, 0.4) is 0 Å². The third kappa shape index (κ3) is 3.47. The number of thioether (sulfide) groups is 1. The lowest BCUT2D eigenvalue weighted by molar-refractivity contribution is 0.0202. The Morgan fingerprint density at radius 1 is 1.29 bits per heavy atom. The molecule has 0 radical (unpaired) electrons. The molecule has 2 rings (SSSR count). The van der Waals surface area contributed by atoms with Crippen molar-refractivity contribution in [2.24, 2.45) is 0 Å². The molecule has 0 amide bonds. The van der Waals surface area contributed by atoms with Crippen LogP contribution < -0.4 is 0 Å². The molecule has 0 N–H and O–H groups in total. The van der Waals surface area contributed by atoms with Gasteiger partial charge in [0.05, 0.1) is 13.2 Å². The van der Waals surface area contributed by atoms with Gasteiger partial charge < -0.3 is 4.74 Å². The quantitative estimate of drug-likeness (QED) is 0.763. The Labute approximate surface area is 108 Å². The molecular weight excluding hydrogens is 230 g/mol. The van der Waals surface area contributed by atoms with Crippen LogP contribution in [0.25, 0.3) is 0 Å². The van der Waals surface area contributed by atoms with Gasteiger partial charge >= 0.3 is 0 Å². The molecule has 1 aromatic rings. The van der Waals surface area contributed by atoms with Gasteiger partial charge in [-0.1, -0.05) is 18.2 Å². The monoisotopic (exact) mass is 251 g/mol. The summed E-state index contributed by atoms with van der Waals surface area (Å²) in [5.74, 6) is 0. The Balaban J connectivity index is 1.99. The highest BCUT2D eigenvalue weighted by Crippen LogP contribution is 2.22. The largest absolute Gasteiger partial charge is 0.379 e. The molecule has 1 aliphatic rings. The van der Waals surface area contributed by atoms with Gasteiger partial charge in [0, 0.05) is 24.0 Å². The van der Waals surface area contributed by atoms with E-state index < -0.39 is 0 Å². The SMILES string of the molecule is CSc1ccccc1CC(C)N1CCOCC1. The van der Waals surface area contributed by atoms with Gasteiger partial charge in [0.15, 0.2) is 0 Å². The summed E-state index contributed by atoms with van der Waals surface area (Å²) in [6.45, 7) is 6.23. The number of ether oxygens (including phenoxy) is 1. The average Bonchev–Trinajstić information content (AvgIpc) is 2.40. The van der Waals surface area contributed by atoms with E-state index >= 15 is 0 Å². The first-order valence-electron chi connectivity index (χ1n) is 6.25. The van der Waals surface area contributed by atoms with Gasteiger partial charge in [0.2, 0.25) is 0 Å². The molecule has 1 atom stereocenters. The predicted octanol–water partition coefficient (Wildman–Crippen LogP) is 2.67. The van der Waals surface area contributed by atoms with Crippen LogP contribution in [0.1, 0.15) is 12.5 Å². The maximum absolute atomic E-state index is 5.40. The lowest BCUT2D eigenvalue weighted by atomic mass is 10.1. The molecule has 17 heavy (non-hydrogen) atoms. The van der Waals surface area contributed by atoms with Gasteiger partial charge in [-0.25, -0.2) is 0 Å². The second-order valence-corrected chi connectivity index (χ2v) is 5.36. The van der Waals surface area contributed by atoms with Gasteiger partial charge in [-0.05, 0) is 31.2 Å². The zero-order chi connectivity index (χ0) is 12.1. The van der Waals surface area contributed by atoms with Crippen molar-refractivity contribution in [3.63, 3.8) is 0 Å². The molecule has 1 heterocycles. The second-order valence-electron chi connectivity index (χ2n) is 4.51. The minimum absolute atomic E-state index is 0.604. The van der Waals surface area contributed by atoms with Crippen molar-refractivity contribution in [2.75, 3.05) is 32.6 Å². The molecule has 0 saturated carbocycles. The molecule has 0 aromatic heterocycles. The number of benzene rings is 1. The minimum atomic E-state index is 0.604. The molecule has 94 valence electrons. The standard InChI is InChI=1S/C14H21NOS/c1-12(15-7-9-16-10-8-15)11-13-5-3-4-6-14(13)17-2/h3-6,12H,7-11H2,1-2H3. The van der Waals surface area contributed by atoms with E-state index in [1.165, 1.54) is 10.5 Å². The normalized spacial score (nSPS) is 19.2. The predicted molar refractivity (Wildman–Crippen MR) is 73.8 cm³/mol. The first kappa shape index (κ1) is 12.9. The zero-order valence-corrected chi connectivity index (χ0v) is 11.5. The Kier molecular flexibility index (Phi) is 4.89. The Hall–Kier alpha value is -0.510. The maximum atomic E-state index is 5.40. The number of hydrogen-bond donors (Lipinski definition) is 0. The molecule has 0 spiro atoms. The number of rotatable bonds is 4. The first-order valence-corrected chi connectivity index (χ1v) is 7.47. The Morgan fingerprint density at radius 3 is 2.71 bits per heavy atom. The number of hydrogen-bond acceptors (Lipinski definition) is 3. The minimum Gasteiger partial charge on any atom is -0.379 e. The highest BCUT2D eigenvalue weighted by atomic mass is 32.2. The van der Waals surface area contributed by atoms with Crippen LogP contribution in [0.5, 0.6) is 0 Å². The van der Waals surface area contributed by atoms with Gasteiger partial charge in [0.1, 0.15) is 0 Å². The van der Waals surface area contributed by atoms with Crippen molar-refractivity contribution in [3.8, 4) is 0 Å². The van der Waals surface area contributed by atoms with Crippen molar-refractivity contribution in [1.82, 2.24) is 4.90 Å². The first-order chi connectivity index (χ1) is 8.31. The fourth-order valence-electron chi connectivity index (χ4n) is 2.34. The second kappa shape index (κ2) is 6.43. The summed E-state index contributed by atoms with van der Waals surface area (Å²) in [5, 5.41) is 0. The maximum Gasteiger partial charge on any atom is 0.0594 e. The summed E-state index contributed by atoms with van der Waals surface area (Å²) in [6.07, 6.45) is 3.29. The smallest absolute Gasteiger partial charge is 0.0594 e. The van der Waals surface area contributed by atoms with Crippen LogP contribution in [-0.4, -0.2) is 43.5 Å². The number of morpholine rings is 1. The van der Waals surface area contributed by atoms with E-state index in [9.17, 15) is 0 Å². The van der Waals surface area contributed by atoms with E-state index in [1.807, 2.05) is 11.8 Å². The third-order valence-electron chi connectivity index (χ3n) is 3.38. The van der Waals surface area contributed by atoms with Crippen LogP contribution in [0, 0.1) is 0 Å². The van der Waals surface area contributed by atoms with E-state index in [0.29, 0.717) is 6.04 Å². The van der Waals surface area contributed by atoms with Gasteiger partial charge in [-0.2, -0.15) is 0 Å². The van der Waals surface area contributed by atoms with Crippen molar-refractivity contribution in [3.05, 3.63) is 29.8 Å². The summed E-state index contributed by atoms with van der Waals surface area (Å²) in [7, 11) is 0. The zero-order valence-electron chi connectivity index (χ0n) is 10.7. The van der Waals surface area contributed by atoms with Crippen molar-refractivity contribution in [1.29, 1.82) is 0 Å². The molecule has 0 bridgehead atoms. The van der Waals surface area contributed by atoms with Crippen LogP contribution in [0.4, 0.5) is 0 Å². The summed E-state index contributed by atoms with van der Waals surface area (Å²) in [5.41, 5.74) is 1.47. The fourth-order valence-corrected chi connectivity index (χ4v) is 2.97. The molecule has 1 aliphatic heterocycles. The molecule has 1 aromatic carbocycles. The number of nitrogens with zero attached hydrogens (tertiary/aromatic N) is 1. The van der Waals surface area contributed by atoms with E-state index in [0.717, 1.165) is 32.7 Å². The molecule has 2 nitrogen and oxygen atoms in total. The molecule has 1 unspecified atom stereocenters. The highest BCUT2D eigenvalue weighted by Gasteiger charge is 2.17. The van der Waals surface area contributed by atoms with Crippen molar-refractivity contribution < 1.29 is 4.74 Å². The highest BCUT2D eigenvalue weighted by molar-refractivity contribution is 7.98. The third-order valence-corrected chi connectivity index (χ3v) is 4.21. The lowest BCUT2D eigenvalue weighted by Gasteiger charge is -2.32. The summed E-state index contributed by atoms with van der Waals surface area (Å²) >= 11 is 1.84. The van der Waals surface area contributed by atoms with Crippen molar-refractivity contribution >= 4 is 11.8 Å². The summed E-state index contributed by atoms with van der Waals surface area (Å²) in [4.78, 5) is 3.94. The van der Waals surface area contributed by atoms with Gasteiger partial charge in [-0.15, -0.1) is 11.8 Å². The Bertz CT molecular complexity index is 350. The Morgan fingerprint density at radius 2 is 2.00 bits per heavy atom. The van der Waals surface area contributed by atoms with Crippen molar-refractivity contribution in [2.45, 2.75) is 24.3 Å². The molecule has 1 saturated heterocycles. The molecular formula is C14H21NOS. The molecule has 3 heteroatoms. The summed E-state index contributed by atoms with van der Waals surface area (Å²) < 4.78 is 5.40. The lowest BCUT2D eigenvalue weighted by Crippen LogP contribution is -2.43. The van der Waals surface area contributed by atoms with E-state index in [-0.39, 0.29) is 0 Å². The van der Waals surface area contributed by atoms with Crippen LogP contribution >= 0.6 is 11.8 Å². The van der Waals surface area contributed by atoms with E-state index in [4.69, 9.17) is 4.74 Å². The van der Waals surface area contributed by atoms with E-state index in [2.05, 4.69) is 42.3 Å². The molecule has 0 aliphatic carbocycles. The van der Waals surface area contributed by atoms with Crippen LogP contribution in [0.15, 0.2) is 29.2 Å². The fraction of sp³-hybridized carbons (Fsp3) is 0.571. The molecule has 1 fully saturated rings. The average molecular weight is 251 g/mol. The van der Waals surface area contributed by atoms with Gasteiger partial charge in [-0.3, -0.25) is 4.90 Å². The van der Waals surface area contributed by atoms with Gasteiger partial charge in [0.25, 0.3) is 0 Å². The van der Waals surface area contributed by atoms with E-state index in [1.54, 1.807) is 0 Å². The summed E-state index contributed by atoms with van der Waals surface area (Å²) in [6, 6.07) is 9.33. The topological polar surface area (TPSA) is 12.5 Å².